The lowest BCUT2D eigenvalue weighted by Gasteiger charge is -2.33. The van der Waals surface area contributed by atoms with Crippen molar-refractivity contribution in [3.63, 3.8) is 0 Å². The first-order valence-corrected chi connectivity index (χ1v) is 6.56. The number of nitrogens with one attached hydrogen (secondary N) is 1. The molecule has 1 aliphatic heterocycles. The average molecular weight is 213 g/mol. The predicted octanol–water partition coefficient (Wildman–Crippen LogP) is 2.83. The fourth-order valence-corrected chi connectivity index (χ4v) is 2.33. The number of ether oxygens (including phenoxy) is 1. The fraction of sp³-hybridized carbons (Fsp3) is 1.00. The quantitative estimate of drug-likeness (QED) is 0.685. The summed E-state index contributed by atoms with van der Waals surface area (Å²) in [6.07, 6.45) is 5.53. The Kier molecular flexibility index (Phi) is 6.26. The highest BCUT2D eigenvalue weighted by atomic mass is 16.5. The van der Waals surface area contributed by atoms with Crippen LogP contribution in [0, 0.1) is 11.8 Å². The topological polar surface area (TPSA) is 21.3 Å². The van der Waals surface area contributed by atoms with E-state index in [1.54, 1.807) is 0 Å². The Morgan fingerprint density at radius 2 is 2.20 bits per heavy atom. The third-order valence-electron chi connectivity index (χ3n) is 3.11. The molecule has 0 bridgehead atoms. The third kappa shape index (κ3) is 4.98. The lowest BCUT2D eigenvalue weighted by molar-refractivity contribution is -0.0363. The van der Waals surface area contributed by atoms with Crippen LogP contribution in [0.1, 0.15) is 46.5 Å². The molecule has 1 saturated heterocycles. The van der Waals surface area contributed by atoms with E-state index >= 15 is 0 Å². The summed E-state index contributed by atoms with van der Waals surface area (Å²) in [4.78, 5) is 0. The van der Waals surface area contributed by atoms with E-state index in [4.69, 9.17) is 4.74 Å². The van der Waals surface area contributed by atoms with Gasteiger partial charge in [0.1, 0.15) is 0 Å². The van der Waals surface area contributed by atoms with Crippen LogP contribution in [0.25, 0.3) is 0 Å². The second-order valence-corrected chi connectivity index (χ2v) is 5.15. The van der Waals surface area contributed by atoms with E-state index in [1.807, 2.05) is 0 Å². The minimum atomic E-state index is 0.503. The Morgan fingerprint density at radius 3 is 2.87 bits per heavy atom. The van der Waals surface area contributed by atoms with Crippen LogP contribution in [-0.4, -0.2) is 25.8 Å². The van der Waals surface area contributed by atoms with Crippen LogP contribution in [0.5, 0.6) is 0 Å². The largest absolute Gasteiger partial charge is 0.378 e. The molecule has 0 aromatic heterocycles. The number of rotatable bonds is 6. The maximum atomic E-state index is 5.89. The van der Waals surface area contributed by atoms with Gasteiger partial charge in [-0.3, -0.25) is 0 Å². The van der Waals surface area contributed by atoms with Crippen molar-refractivity contribution in [2.45, 2.75) is 52.6 Å². The molecule has 0 saturated carbocycles. The highest BCUT2D eigenvalue weighted by Gasteiger charge is 2.25. The second-order valence-electron chi connectivity index (χ2n) is 5.15. The molecule has 0 aliphatic carbocycles. The molecule has 2 heteroatoms. The minimum absolute atomic E-state index is 0.503. The normalized spacial score (nSPS) is 27.2. The lowest BCUT2D eigenvalue weighted by Crippen LogP contribution is -2.37. The van der Waals surface area contributed by atoms with E-state index in [0.717, 1.165) is 31.5 Å². The fourth-order valence-electron chi connectivity index (χ4n) is 2.33. The van der Waals surface area contributed by atoms with Gasteiger partial charge in [0.05, 0.1) is 6.10 Å². The molecule has 0 aromatic rings. The monoisotopic (exact) mass is 213 g/mol. The van der Waals surface area contributed by atoms with E-state index < -0.39 is 0 Å². The molecule has 0 spiro atoms. The van der Waals surface area contributed by atoms with Crippen LogP contribution in [0.3, 0.4) is 0 Å². The Hall–Kier alpha value is -0.0800. The van der Waals surface area contributed by atoms with Gasteiger partial charge in [0.25, 0.3) is 0 Å². The van der Waals surface area contributed by atoms with Crippen LogP contribution >= 0.6 is 0 Å². The van der Waals surface area contributed by atoms with Gasteiger partial charge in [-0.05, 0) is 44.1 Å². The molecule has 1 heterocycles. The minimum Gasteiger partial charge on any atom is -0.378 e. The molecule has 2 nitrogen and oxygen atoms in total. The smallest absolute Gasteiger partial charge is 0.0617 e. The summed E-state index contributed by atoms with van der Waals surface area (Å²) in [6, 6.07) is 0. The molecule has 2 unspecified atom stereocenters. The maximum absolute atomic E-state index is 5.89. The van der Waals surface area contributed by atoms with E-state index in [2.05, 4.69) is 26.1 Å². The van der Waals surface area contributed by atoms with Crippen LogP contribution in [-0.2, 0) is 4.74 Å². The Labute approximate surface area is 94.8 Å². The van der Waals surface area contributed by atoms with Gasteiger partial charge < -0.3 is 10.1 Å². The zero-order valence-corrected chi connectivity index (χ0v) is 10.6. The summed E-state index contributed by atoms with van der Waals surface area (Å²) in [5, 5.41) is 3.53. The summed E-state index contributed by atoms with van der Waals surface area (Å²) in [7, 11) is 0. The molecular weight excluding hydrogens is 186 g/mol. The molecule has 1 rings (SSSR count). The van der Waals surface area contributed by atoms with Crippen molar-refractivity contribution in [2.24, 2.45) is 11.8 Å². The van der Waals surface area contributed by atoms with Gasteiger partial charge in [0, 0.05) is 13.2 Å². The molecular formula is C13H27NO. The first kappa shape index (κ1) is 13.0. The first-order chi connectivity index (χ1) is 7.24. The molecule has 1 aliphatic rings. The summed E-state index contributed by atoms with van der Waals surface area (Å²) in [5.74, 6) is 1.49. The summed E-state index contributed by atoms with van der Waals surface area (Å²) in [5.41, 5.74) is 0. The maximum Gasteiger partial charge on any atom is 0.0617 e. The van der Waals surface area contributed by atoms with Crippen molar-refractivity contribution in [2.75, 3.05) is 19.7 Å². The van der Waals surface area contributed by atoms with Gasteiger partial charge in [0.2, 0.25) is 0 Å². The van der Waals surface area contributed by atoms with Gasteiger partial charge in [-0.1, -0.05) is 20.8 Å². The molecule has 0 amide bonds. The van der Waals surface area contributed by atoms with Crippen molar-refractivity contribution in [1.82, 2.24) is 5.32 Å². The van der Waals surface area contributed by atoms with Crippen LogP contribution in [0.15, 0.2) is 0 Å². The number of hydrogen-bond donors (Lipinski definition) is 1. The zero-order valence-electron chi connectivity index (χ0n) is 10.6. The molecule has 1 fully saturated rings. The van der Waals surface area contributed by atoms with Crippen molar-refractivity contribution in [3.05, 3.63) is 0 Å². The molecule has 1 N–H and O–H groups in total. The molecule has 90 valence electrons. The van der Waals surface area contributed by atoms with Crippen molar-refractivity contribution in [1.29, 1.82) is 0 Å². The highest BCUT2D eigenvalue weighted by molar-refractivity contribution is 4.77. The molecule has 0 radical (unpaired) electrons. The molecule has 15 heavy (non-hydrogen) atoms. The Bertz CT molecular complexity index is 159. The number of hydrogen-bond acceptors (Lipinski definition) is 2. The van der Waals surface area contributed by atoms with E-state index in [9.17, 15) is 0 Å². The van der Waals surface area contributed by atoms with Gasteiger partial charge in [0.15, 0.2) is 0 Å². The zero-order chi connectivity index (χ0) is 11.1. The molecule has 2 atom stereocenters. The summed E-state index contributed by atoms with van der Waals surface area (Å²) >= 11 is 0. The Balaban J connectivity index is 2.29. The van der Waals surface area contributed by atoms with E-state index in [1.165, 1.54) is 25.7 Å². The van der Waals surface area contributed by atoms with Gasteiger partial charge >= 0.3 is 0 Å². The van der Waals surface area contributed by atoms with Gasteiger partial charge in [-0.2, -0.15) is 0 Å². The second kappa shape index (κ2) is 7.24. The van der Waals surface area contributed by atoms with Crippen LogP contribution < -0.4 is 5.32 Å². The van der Waals surface area contributed by atoms with E-state index in [0.29, 0.717) is 6.10 Å². The lowest BCUT2D eigenvalue weighted by atomic mass is 9.89. The van der Waals surface area contributed by atoms with Crippen molar-refractivity contribution >= 4 is 0 Å². The highest BCUT2D eigenvalue weighted by Crippen LogP contribution is 2.25. The molecule has 0 aromatic carbocycles. The summed E-state index contributed by atoms with van der Waals surface area (Å²) in [6.45, 7) is 10.1. The van der Waals surface area contributed by atoms with Crippen LogP contribution in [0.4, 0.5) is 0 Å². The predicted molar refractivity (Wildman–Crippen MR) is 65.1 cm³/mol. The first-order valence-electron chi connectivity index (χ1n) is 6.56. The van der Waals surface area contributed by atoms with Gasteiger partial charge in [-0.25, -0.2) is 0 Å². The van der Waals surface area contributed by atoms with Crippen molar-refractivity contribution in [3.8, 4) is 0 Å². The van der Waals surface area contributed by atoms with E-state index in [-0.39, 0.29) is 0 Å². The third-order valence-corrected chi connectivity index (χ3v) is 3.11. The van der Waals surface area contributed by atoms with Crippen LogP contribution in [0.2, 0.25) is 0 Å². The SMILES string of the molecule is CCCNCC1CCCOC1CC(C)C. The average Bonchev–Trinajstić information content (AvgIpc) is 2.20. The van der Waals surface area contributed by atoms with Crippen molar-refractivity contribution < 1.29 is 4.74 Å². The standard InChI is InChI=1S/C13H27NO/c1-4-7-14-10-12-6-5-8-15-13(12)9-11(2)3/h11-14H,4-10H2,1-3H3. The summed E-state index contributed by atoms with van der Waals surface area (Å²) < 4.78 is 5.89. The van der Waals surface area contributed by atoms with Gasteiger partial charge in [-0.15, -0.1) is 0 Å². The Morgan fingerprint density at radius 1 is 1.40 bits per heavy atom.